The summed E-state index contributed by atoms with van der Waals surface area (Å²) in [6.45, 7) is 7.68. The Hall–Kier alpha value is -6.59. The Balaban J connectivity index is 1.18. The zero-order valence-corrected chi connectivity index (χ0v) is 64.4. The van der Waals surface area contributed by atoms with Crippen molar-refractivity contribution < 1.29 is 88.6 Å². The van der Waals surface area contributed by atoms with Gasteiger partial charge in [0.05, 0.1) is 37.1 Å². The number of methoxy groups -OCH3 is 1. The quantitative estimate of drug-likeness (QED) is 0.113. The van der Waals surface area contributed by atoms with E-state index in [1.54, 1.807) is 40.1 Å². The Morgan fingerprint density at radius 2 is 1.22 bits per heavy atom. The normalized spacial score (nSPS) is 32.4. The minimum absolute atomic E-state index is 0.0241. The van der Waals surface area contributed by atoms with Crippen molar-refractivity contribution in [2.24, 2.45) is 47.3 Å². The third-order valence-corrected chi connectivity index (χ3v) is 24.9. The van der Waals surface area contributed by atoms with Crippen molar-refractivity contribution in [3.05, 3.63) is 12.2 Å². The van der Waals surface area contributed by atoms with Gasteiger partial charge >= 0.3 is 12.4 Å². The van der Waals surface area contributed by atoms with Crippen LogP contribution in [0.5, 0.6) is 0 Å². The van der Waals surface area contributed by atoms with E-state index in [4.69, 9.17) is 9.47 Å². The molecular formula is C76H119F6N11O13. The number of carbonyl (C=O) groups is 11. The lowest BCUT2D eigenvalue weighted by Crippen LogP contribution is -2.68. The number of nitrogens with zero attached hydrogens (tertiary/aromatic N) is 8. The molecule has 2 saturated heterocycles. The molecule has 11 amide bonds. The highest BCUT2D eigenvalue weighted by atomic mass is 19.4. The lowest BCUT2D eigenvalue weighted by molar-refractivity contribution is -0.215. The van der Waals surface area contributed by atoms with E-state index in [0.29, 0.717) is 25.7 Å². The number of likely N-dealkylation sites (N-methyl/N-ethyl adjacent to an activating group) is 6. The van der Waals surface area contributed by atoms with Crippen LogP contribution >= 0.6 is 0 Å². The van der Waals surface area contributed by atoms with Gasteiger partial charge in [-0.1, -0.05) is 72.0 Å². The molecule has 13 atom stereocenters. The predicted molar refractivity (Wildman–Crippen MR) is 381 cm³/mol. The van der Waals surface area contributed by atoms with Crippen LogP contribution in [-0.2, 0) is 62.2 Å². The number of hydrogen-bond acceptors (Lipinski definition) is 13. The maximum atomic E-state index is 15.6. The van der Waals surface area contributed by atoms with Gasteiger partial charge < -0.3 is 64.6 Å². The molecule has 3 aliphatic heterocycles. The van der Waals surface area contributed by atoms with Crippen LogP contribution < -0.4 is 16.0 Å². The summed E-state index contributed by atoms with van der Waals surface area (Å²) in [5.74, 6) is -12.5. The standard InChI is InChI=1S/C76H119F6N11O13/c1-13-46(5)64-71(102)87(7)44-63(96)88(8)55-23-16-15-19-36-92(70(55)101)59(38-48-26-30-51(31-27-48)75(77,78)79)69(100)86(6)43-61(94)83-54(33-29-49-28-32-53(76(80,81)82)60(39-49)105-12)68(99)93-42-52(106-14-2)40-58(93)67(98)85-74(34-20-35-74)73(104)91(11)65(50-21-17-18-22-50)72(103)90(10)56(45(3)4)41-62(95)89(9)57(66(97)84-64)37-47-24-25-47/h15-16,45-60,64-65H,13-14,17-44H2,1-12H3,(H,83,94)(H,84,97)(H,85,98)/b16-15-/t46-,48?,49?,51?,52+,53?,54-,55-,56-,57-,58-,59-,60?,64-,65-/m0/s1. The molecule has 7 fully saturated rings. The average Bonchev–Trinajstić information content (AvgIpc) is 0.840. The van der Waals surface area contributed by atoms with E-state index in [1.165, 1.54) is 64.7 Å². The third-order valence-electron chi connectivity index (χ3n) is 24.9. The molecule has 24 nitrogen and oxygen atoms in total. The maximum absolute atomic E-state index is 15.6. The second kappa shape index (κ2) is 36.7. The lowest BCUT2D eigenvalue weighted by atomic mass is 9.74. The van der Waals surface area contributed by atoms with Gasteiger partial charge in [-0.2, -0.15) is 26.3 Å². The average molecular weight is 1510 g/mol. The minimum atomic E-state index is -4.55. The van der Waals surface area contributed by atoms with Crippen molar-refractivity contribution in [3.63, 3.8) is 0 Å². The van der Waals surface area contributed by atoms with Gasteiger partial charge in [-0.05, 0) is 158 Å². The van der Waals surface area contributed by atoms with Gasteiger partial charge in [0.1, 0.15) is 47.8 Å². The molecule has 5 aliphatic carbocycles. The number of ether oxygens (including phenoxy) is 2. The fourth-order valence-corrected chi connectivity index (χ4v) is 17.6. The van der Waals surface area contributed by atoms with Crippen LogP contribution in [0.3, 0.4) is 0 Å². The van der Waals surface area contributed by atoms with Gasteiger partial charge in [-0.25, -0.2) is 0 Å². The van der Waals surface area contributed by atoms with Crippen molar-refractivity contribution in [1.82, 2.24) is 55.1 Å². The second-order valence-electron chi connectivity index (χ2n) is 32.4. The third kappa shape index (κ3) is 20.6. The summed E-state index contributed by atoms with van der Waals surface area (Å²) in [7, 11) is 9.95. The Kier molecular flexibility index (Phi) is 29.5. The summed E-state index contributed by atoms with van der Waals surface area (Å²) < 4.78 is 96.8. The van der Waals surface area contributed by atoms with Crippen LogP contribution in [0, 0.1) is 47.3 Å². The Morgan fingerprint density at radius 3 is 1.79 bits per heavy atom. The Morgan fingerprint density at radius 1 is 0.594 bits per heavy atom. The zero-order chi connectivity index (χ0) is 78.0. The smallest absolute Gasteiger partial charge is 0.381 e. The van der Waals surface area contributed by atoms with Crippen molar-refractivity contribution >= 4 is 65.0 Å². The zero-order valence-electron chi connectivity index (χ0n) is 64.4. The van der Waals surface area contributed by atoms with E-state index in [0.717, 1.165) is 35.5 Å². The van der Waals surface area contributed by atoms with Gasteiger partial charge in [0, 0.05) is 88.0 Å². The van der Waals surface area contributed by atoms with Crippen molar-refractivity contribution in [3.8, 4) is 0 Å². The van der Waals surface area contributed by atoms with E-state index < -0.39 is 186 Å². The van der Waals surface area contributed by atoms with Crippen molar-refractivity contribution in [2.75, 3.05) is 82.2 Å². The van der Waals surface area contributed by atoms with E-state index in [-0.39, 0.29) is 147 Å². The number of halogens is 6. The number of rotatable bonds is 14. The summed E-state index contributed by atoms with van der Waals surface area (Å²) >= 11 is 0. The lowest BCUT2D eigenvalue weighted by Gasteiger charge is -2.47. The summed E-state index contributed by atoms with van der Waals surface area (Å²) in [6, 6.07) is -9.52. The molecule has 8 aliphatic rings. The number of carbonyl (C=O) groups excluding carboxylic acids is 11. The molecule has 2 bridgehead atoms. The van der Waals surface area contributed by atoms with Crippen molar-refractivity contribution in [1.29, 1.82) is 0 Å². The highest BCUT2D eigenvalue weighted by Gasteiger charge is 2.55. The molecule has 3 unspecified atom stereocenters. The van der Waals surface area contributed by atoms with Crippen LogP contribution in [0.15, 0.2) is 12.2 Å². The second-order valence-corrected chi connectivity index (χ2v) is 32.4. The van der Waals surface area contributed by atoms with Crippen LogP contribution in [0.25, 0.3) is 0 Å². The first-order chi connectivity index (χ1) is 49.9. The molecule has 0 aromatic heterocycles. The topological polar surface area (TPSA) is 268 Å². The fraction of sp³-hybridized carbons (Fsp3) is 0.829. The first-order valence-electron chi connectivity index (χ1n) is 39.0. The minimum Gasteiger partial charge on any atom is -0.381 e. The highest BCUT2D eigenvalue weighted by Crippen LogP contribution is 2.45. The molecule has 3 N–H and O–H groups in total. The molecule has 30 heteroatoms. The number of amides is 11. The van der Waals surface area contributed by atoms with Crippen LogP contribution in [0.4, 0.5) is 26.3 Å². The van der Waals surface area contributed by atoms with E-state index in [1.807, 2.05) is 20.8 Å². The molecule has 0 aromatic carbocycles. The Labute approximate surface area is 621 Å². The summed E-state index contributed by atoms with van der Waals surface area (Å²) in [5.41, 5.74) is -1.54. The van der Waals surface area contributed by atoms with Gasteiger partial charge in [-0.15, -0.1) is 0 Å². The number of alkyl halides is 6. The first-order valence-corrected chi connectivity index (χ1v) is 39.0. The van der Waals surface area contributed by atoms with E-state index in [9.17, 15) is 50.3 Å². The predicted octanol–water partition coefficient (Wildman–Crippen LogP) is 7.40. The van der Waals surface area contributed by atoms with Gasteiger partial charge in [-0.3, -0.25) is 52.7 Å². The Bertz CT molecular complexity index is 3140. The molecule has 1 spiro atoms. The molecule has 598 valence electrons. The summed E-state index contributed by atoms with van der Waals surface area (Å²) in [5, 5.41) is 8.81. The summed E-state index contributed by atoms with van der Waals surface area (Å²) in [4.78, 5) is 177. The first kappa shape index (κ1) is 85.0. The molecule has 5 saturated carbocycles. The van der Waals surface area contributed by atoms with Crippen molar-refractivity contribution in [2.45, 2.75) is 274 Å². The SMILES string of the molecule is CCO[C@@H]1C[C@H]2C(=O)NC3(CCC3)C(=O)N(C)[C@@H](C3CCCC3)C(=O)N(C)[C@H](C(C)C)CC(=O)N(C)[C@@H](CC3CC3)C(=O)N[C@@H]([C@@H](C)CC)C(=O)N(C)CC(=O)N(C)[C@H]3C/C=C\CCN(C3=O)[C@@H](CC3CCC(C(F)(F)F)CC3)C(=O)N(C)CC(=O)N[C@@H](CCC3CCC(C(F)(F)F)C(OC)C3)C(=O)N2C1. The van der Waals surface area contributed by atoms with Crippen LogP contribution in [0.1, 0.15) is 195 Å². The maximum Gasteiger partial charge on any atom is 0.394 e. The molecule has 8 rings (SSSR count). The van der Waals surface area contributed by atoms with E-state index >= 15 is 28.8 Å². The number of fused-ring (bicyclic) bond motifs is 3. The van der Waals surface area contributed by atoms with Gasteiger partial charge in [0.25, 0.3) is 0 Å². The summed E-state index contributed by atoms with van der Waals surface area (Å²) in [6.07, 6.45) is -2.32. The fourth-order valence-electron chi connectivity index (χ4n) is 17.6. The highest BCUT2D eigenvalue weighted by molar-refractivity contribution is 6.00. The molecule has 0 radical (unpaired) electrons. The van der Waals surface area contributed by atoms with Crippen LogP contribution in [-0.4, -0.2) is 265 Å². The number of hydrogen-bond donors (Lipinski definition) is 3. The molecular weight excluding hydrogens is 1390 g/mol. The van der Waals surface area contributed by atoms with Gasteiger partial charge in [0.2, 0.25) is 65.0 Å². The van der Waals surface area contributed by atoms with E-state index in [2.05, 4.69) is 16.0 Å². The molecule has 3 heterocycles. The van der Waals surface area contributed by atoms with Crippen LogP contribution in [0.2, 0.25) is 0 Å². The largest absolute Gasteiger partial charge is 0.394 e. The van der Waals surface area contributed by atoms with Gasteiger partial charge in [0.15, 0.2) is 0 Å². The number of nitrogens with one attached hydrogen (secondary N) is 3. The molecule has 0 aromatic rings. The molecule has 106 heavy (non-hydrogen) atoms. The monoisotopic (exact) mass is 1510 g/mol.